The van der Waals surface area contributed by atoms with Crippen molar-refractivity contribution >= 4 is 6.09 Å². The van der Waals surface area contributed by atoms with E-state index >= 15 is 0 Å². The highest BCUT2D eigenvalue weighted by Gasteiger charge is 2.28. The number of carbonyl (C=O) groups is 1. The van der Waals surface area contributed by atoms with Gasteiger partial charge in [0.1, 0.15) is 6.61 Å². The molecule has 0 bridgehead atoms. The van der Waals surface area contributed by atoms with Crippen molar-refractivity contribution in [3.63, 3.8) is 0 Å². The van der Waals surface area contributed by atoms with Crippen LogP contribution in [0.15, 0.2) is 61.2 Å². The number of ether oxygens (including phenoxy) is 1. The lowest BCUT2D eigenvalue weighted by atomic mass is 9.98. The van der Waals surface area contributed by atoms with Gasteiger partial charge in [-0.15, -0.1) is 6.58 Å². The number of carbonyl (C=O) groups excluding carboxylic acids is 1. The van der Waals surface area contributed by atoms with Crippen LogP contribution in [0.2, 0.25) is 0 Å². The summed E-state index contributed by atoms with van der Waals surface area (Å²) in [6.45, 7) is 6.59. The minimum Gasteiger partial charge on any atom is -0.449 e. The van der Waals surface area contributed by atoms with E-state index < -0.39 is 0 Å². The van der Waals surface area contributed by atoms with Crippen molar-refractivity contribution in [1.29, 1.82) is 0 Å². The van der Waals surface area contributed by atoms with Gasteiger partial charge in [0.25, 0.3) is 0 Å². The molecule has 118 valence electrons. The lowest BCUT2D eigenvalue weighted by molar-refractivity contribution is 0.142. The molecular formula is C20H21NO2. The fourth-order valence-electron chi connectivity index (χ4n) is 2.98. The second kappa shape index (κ2) is 6.69. The van der Waals surface area contributed by atoms with Crippen molar-refractivity contribution in [2.24, 2.45) is 5.92 Å². The Bertz CT molecular complexity index is 678. The van der Waals surface area contributed by atoms with E-state index in [-0.39, 0.29) is 17.9 Å². The number of fused-ring (bicyclic) bond motifs is 3. The highest BCUT2D eigenvalue weighted by Crippen LogP contribution is 2.44. The van der Waals surface area contributed by atoms with Crippen LogP contribution in [0.1, 0.15) is 24.0 Å². The summed E-state index contributed by atoms with van der Waals surface area (Å²) in [5, 5.41) is 2.77. The van der Waals surface area contributed by atoms with Gasteiger partial charge in [-0.25, -0.2) is 4.79 Å². The topological polar surface area (TPSA) is 38.3 Å². The highest BCUT2D eigenvalue weighted by atomic mass is 16.5. The first-order valence-corrected chi connectivity index (χ1v) is 7.92. The molecule has 3 heteroatoms. The second-order valence-electron chi connectivity index (χ2n) is 5.92. The quantitative estimate of drug-likeness (QED) is 0.834. The van der Waals surface area contributed by atoms with Gasteiger partial charge in [-0.2, -0.15) is 0 Å². The molecule has 0 saturated carbocycles. The monoisotopic (exact) mass is 307 g/mol. The van der Waals surface area contributed by atoms with Gasteiger partial charge in [0.15, 0.2) is 0 Å². The molecular weight excluding hydrogens is 286 g/mol. The average molecular weight is 307 g/mol. The number of alkyl carbamates (subject to hydrolysis) is 1. The smallest absolute Gasteiger partial charge is 0.407 e. The van der Waals surface area contributed by atoms with Crippen LogP contribution in [-0.2, 0) is 4.74 Å². The van der Waals surface area contributed by atoms with E-state index in [4.69, 9.17) is 4.74 Å². The van der Waals surface area contributed by atoms with E-state index in [2.05, 4.69) is 36.2 Å². The molecule has 1 N–H and O–H groups in total. The molecule has 3 rings (SSSR count). The average Bonchev–Trinajstić information content (AvgIpc) is 2.92. The molecule has 1 aliphatic carbocycles. The minimum absolute atomic E-state index is 0.102. The zero-order valence-corrected chi connectivity index (χ0v) is 13.3. The van der Waals surface area contributed by atoms with Gasteiger partial charge < -0.3 is 10.1 Å². The van der Waals surface area contributed by atoms with Gasteiger partial charge in [-0.1, -0.05) is 61.5 Å². The van der Waals surface area contributed by atoms with Gasteiger partial charge in [-0.05, 0) is 28.2 Å². The fourth-order valence-corrected chi connectivity index (χ4v) is 2.98. The van der Waals surface area contributed by atoms with Gasteiger partial charge in [0.2, 0.25) is 0 Å². The Hall–Kier alpha value is -2.55. The Morgan fingerprint density at radius 2 is 1.74 bits per heavy atom. The molecule has 1 unspecified atom stereocenters. The Kier molecular flexibility index (Phi) is 4.47. The molecule has 0 spiro atoms. The summed E-state index contributed by atoms with van der Waals surface area (Å²) < 4.78 is 5.45. The van der Waals surface area contributed by atoms with E-state index in [9.17, 15) is 4.79 Å². The van der Waals surface area contributed by atoms with E-state index in [0.29, 0.717) is 13.2 Å². The Balaban J connectivity index is 1.71. The zero-order valence-electron chi connectivity index (χ0n) is 13.3. The largest absolute Gasteiger partial charge is 0.449 e. The molecule has 0 heterocycles. The summed E-state index contributed by atoms with van der Waals surface area (Å²) in [4.78, 5) is 11.9. The van der Waals surface area contributed by atoms with E-state index in [1.165, 1.54) is 22.3 Å². The van der Waals surface area contributed by atoms with Crippen LogP contribution in [0.25, 0.3) is 11.1 Å². The summed E-state index contributed by atoms with van der Waals surface area (Å²) in [5.41, 5.74) is 4.91. The van der Waals surface area contributed by atoms with Crippen molar-refractivity contribution in [1.82, 2.24) is 5.32 Å². The molecule has 23 heavy (non-hydrogen) atoms. The number of nitrogens with one attached hydrogen (secondary N) is 1. The maximum Gasteiger partial charge on any atom is 0.407 e. The van der Waals surface area contributed by atoms with Crippen LogP contribution in [-0.4, -0.2) is 19.2 Å². The van der Waals surface area contributed by atoms with Crippen LogP contribution in [0.4, 0.5) is 4.79 Å². The van der Waals surface area contributed by atoms with Gasteiger partial charge in [0, 0.05) is 12.5 Å². The molecule has 0 saturated heterocycles. The van der Waals surface area contributed by atoms with Crippen molar-refractivity contribution in [3.05, 3.63) is 72.3 Å². The predicted molar refractivity (Wildman–Crippen MR) is 92.4 cm³/mol. The summed E-state index contributed by atoms with van der Waals surface area (Å²) in [7, 11) is 0. The molecule has 0 radical (unpaired) electrons. The molecule has 3 nitrogen and oxygen atoms in total. The lowest BCUT2D eigenvalue weighted by Crippen LogP contribution is -2.29. The maximum absolute atomic E-state index is 11.9. The molecule has 2 aromatic carbocycles. The van der Waals surface area contributed by atoms with Crippen LogP contribution >= 0.6 is 0 Å². The van der Waals surface area contributed by atoms with Gasteiger partial charge in [-0.3, -0.25) is 0 Å². The molecule has 2 aromatic rings. The summed E-state index contributed by atoms with van der Waals surface area (Å²) in [6.07, 6.45) is 1.43. The summed E-state index contributed by atoms with van der Waals surface area (Å²) in [5.74, 6) is 0.334. The Morgan fingerprint density at radius 1 is 1.17 bits per heavy atom. The van der Waals surface area contributed by atoms with Crippen LogP contribution in [0.3, 0.4) is 0 Å². The molecule has 1 aliphatic rings. The van der Waals surface area contributed by atoms with Crippen LogP contribution < -0.4 is 5.32 Å². The molecule has 0 fully saturated rings. The normalized spacial score (nSPS) is 13.8. The zero-order chi connectivity index (χ0) is 16.2. The molecule has 1 amide bonds. The second-order valence-corrected chi connectivity index (χ2v) is 5.92. The highest BCUT2D eigenvalue weighted by molar-refractivity contribution is 5.79. The third-order valence-electron chi connectivity index (χ3n) is 4.31. The summed E-state index contributed by atoms with van der Waals surface area (Å²) in [6, 6.07) is 16.6. The Labute approximate surface area is 137 Å². The number of benzene rings is 2. The fraction of sp³-hybridized carbons (Fsp3) is 0.250. The predicted octanol–water partition coefficient (Wildman–Crippen LogP) is 4.35. The molecule has 0 aromatic heterocycles. The van der Waals surface area contributed by atoms with E-state index in [0.717, 1.165) is 0 Å². The third kappa shape index (κ3) is 3.14. The first-order valence-electron chi connectivity index (χ1n) is 7.92. The first-order chi connectivity index (χ1) is 11.2. The van der Waals surface area contributed by atoms with Crippen molar-refractivity contribution in [2.75, 3.05) is 13.2 Å². The van der Waals surface area contributed by atoms with Crippen molar-refractivity contribution in [3.8, 4) is 11.1 Å². The van der Waals surface area contributed by atoms with Crippen molar-refractivity contribution < 1.29 is 9.53 Å². The number of hydrogen-bond donors (Lipinski definition) is 1. The standard InChI is InChI=1S/C20H21NO2/c1-3-14(2)12-21-20(22)23-13-19-17-10-6-4-8-15(17)16-9-5-7-11-18(16)19/h3-11,14,19H,1,12-13H2,2H3,(H,21,22). The SMILES string of the molecule is C=CC(C)CNC(=O)OCC1c2ccccc2-c2ccccc21. The number of amides is 1. The number of hydrogen-bond acceptors (Lipinski definition) is 2. The van der Waals surface area contributed by atoms with Gasteiger partial charge >= 0.3 is 6.09 Å². The minimum atomic E-state index is -0.374. The van der Waals surface area contributed by atoms with E-state index in [1.807, 2.05) is 37.3 Å². The van der Waals surface area contributed by atoms with Crippen LogP contribution in [0.5, 0.6) is 0 Å². The lowest BCUT2D eigenvalue weighted by Gasteiger charge is -2.15. The molecule has 0 aliphatic heterocycles. The van der Waals surface area contributed by atoms with Crippen molar-refractivity contribution in [2.45, 2.75) is 12.8 Å². The van der Waals surface area contributed by atoms with E-state index in [1.54, 1.807) is 0 Å². The summed E-state index contributed by atoms with van der Waals surface area (Å²) >= 11 is 0. The maximum atomic E-state index is 11.9. The molecule has 1 atom stereocenters. The first kappa shape index (κ1) is 15.3. The number of rotatable bonds is 5. The Morgan fingerprint density at radius 3 is 2.30 bits per heavy atom. The van der Waals surface area contributed by atoms with Crippen LogP contribution in [0, 0.1) is 5.92 Å². The third-order valence-corrected chi connectivity index (χ3v) is 4.31. The van der Waals surface area contributed by atoms with Gasteiger partial charge in [0.05, 0.1) is 0 Å².